The molecule has 0 radical (unpaired) electrons. The molecular weight excluding hydrogens is 172 g/mol. The number of nitrogens with one attached hydrogen (secondary N) is 1. The Morgan fingerprint density at radius 2 is 2.31 bits per heavy atom. The van der Waals surface area contributed by atoms with Gasteiger partial charge in [0.2, 0.25) is 5.95 Å². The van der Waals surface area contributed by atoms with Crippen molar-refractivity contribution < 1.29 is 9.90 Å². The number of aliphatic carboxylic acids is 1. The first kappa shape index (κ1) is 9.50. The van der Waals surface area contributed by atoms with E-state index in [1.54, 1.807) is 4.90 Å². The second-order valence-corrected chi connectivity index (χ2v) is 2.87. The number of carbonyl (C=O) groups is 1. The molecule has 0 aliphatic rings. The monoisotopic (exact) mass is 184 g/mol. The van der Waals surface area contributed by atoms with Crippen LogP contribution in [0.4, 0.5) is 5.95 Å². The lowest BCUT2D eigenvalue weighted by Gasteiger charge is -2.03. The molecule has 0 aromatic carbocycles. The van der Waals surface area contributed by atoms with E-state index in [0.717, 1.165) is 0 Å². The number of carboxylic acids is 1. The molecule has 1 rings (SSSR count). The van der Waals surface area contributed by atoms with Gasteiger partial charge < -0.3 is 10.0 Å². The van der Waals surface area contributed by atoms with Crippen molar-refractivity contribution in [3.63, 3.8) is 0 Å². The molecule has 0 amide bonds. The third-order valence-electron chi connectivity index (χ3n) is 1.50. The molecule has 13 heavy (non-hydrogen) atoms. The molecule has 72 valence electrons. The van der Waals surface area contributed by atoms with Gasteiger partial charge in [-0.1, -0.05) is 0 Å². The fourth-order valence-corrected chi connectivity index (χ4v) is 0.822. The van der Waals surface area contributed by atoms with Crippen LogP contribution in [0.3, 0.4) is 0 Å². The molecule has 0 aliphatic heterocycles. The van der Waals surface area contributed by atoms with Crippen LogP contribution in [-0.2, 0) is 11.2 Å². The van der Waals surface area contributed by atoms with Gasteiger partial charge in [0.15, 0.2) is 0 Å². The number of rotatable bonds is 4. The van der Waals surface area contributed by atoms with E-state index in [0.29, 0.717) is 18.2 Å². The van der Waals surface area contributed by atoms with Gasteiger partial charge >= 0.3 is 5.97 Å². The highest BCUT2D eigenvalue weighted by Gasteiger charge is 2.05. The van der Waals surface area contributed by atoms with E-state index in [1.165, 1.54) is 0 Å². The Balaban J connectivity index is 2.54. The van der Waals surface area contributed by atoms with Crippen molar-refractivity contribution in [3.05, 3.63) is 5.82 Å². The van der Waals surface area contributed by atoms with Crippen LogP contribution in [0.1, 0.15) is 12.2 Å². The molecule has 0 saturated carbocycles. The van der Waals surface area contributed by atoms with Gasteiger partial charge in [-0.05, 0) is 0 Å². The molecule has 0 saturated heterocycles. The minimum atomic E-state index is -0.831. The number of aromatic amines is 1. The molecule has 1 aromatic rings. The van der Waals surface area contributed by atoms with Crippen molar-refractivity contribution in [2.24, 2.45) is 0 Å². The first-order chi connectivity index (χ1) is 6.09. The fraction of sp³-hybridized carbons (Fsp3) is 0.571. The predicted octanol–water partition coefficient (Wildman–Crippen LogP) is -0.112. The number of carboxylic acid groups (broad SMARTS) is 1. The fourth-order valence-electron chi connectivity index (χ4n) is 0.822. The average molecular weight is 184 g/mol. The zero-order valence-electron chi connectivity index (χ0n) is 7.61. The summed E-state index contributed by atoms with van der Waals surface area (Å²) < 4.78 is 0. The third kappa shape index (κ3) is 2.73. The highest BCUT2D eigenvalue weighted by molar-refractivity contribution is 5.66. The van der Waals surface area contributed by atoms with Gasteiger partial charge in [0.05, 0.1) is 6.42 Å². The number of anilines is 1. The van der Waals surface area contributed by atoms with Gasteiger partial charge in [0, 0.05) is 20.5 Å². The van der Waals surface area contributed by atoms with Crippen molar-refractivity contribution in [3.8, 4) is 0 Å². The highest BCUT2D eigenvalue weighted by Crippen LogP contribution is 2.03. The molecule has 0 bridgehead atoms. The van der Waals surface area contributed by atoms with Crippen LogP contribution in [0, 0.1) is 0 Å². The summed E-state index contributed by atoms with van der Waals surface area (Å²) in [4.78, 5) is 16.1. The number of H-pyrrole nitrogens is 1. The largest absolute Gasteiger partial charge is 0.481 e. The quantitative estimate of drug-likeness (QED) is 0.682. The van der Waals surface area contributed by atoms with E-state index in [1.807, 2.05) is 14.1 Å². The predicted molar refractivity (Wildman–Crippen MR) is 46.7 cm³/mol. The number of aryl methyl sites for hydroxylation is 1. The van der Waals surface area contributed by atoms with E-state index >= 15 is 0 Å². The number of hydrogen-bond donors (Lipinski definition) is 2. The Kier molecular flexibility index (Phi) is 2.84. The summed E-state index contributed by atoms with van der Waals surface area (Å²) in [6.07, 6.45) is 0.457. The van der Waals surface area contributed by atoms with Gasteiger partial charge in [-0.25, -0.2) is 0 Å². The van der Waals surface area contributed by atoms with Crippen molar-refractivity contribution in [2.45, 2.75) is 12.8 Å². The van der Waals surface area contributed by atoms with Gasteiger partial charge in [0.1, 0.15) is 5.82 Å². The summed E-state index contributed by atoms with van der Waals surface area (Å²) >= 11 is 0. The smallest absolute Gasteiger partial charge is 0.303 e. The second kappa shape index (κ2) is 3.88. The standard InChI is InChI=1S/C7H12N4O2/c1-11(2)7-8-5(9-10-7)3-4-6(12)13/h3-4H2,1-2H3,(H,12,13)(H,8,9,10). The van der Waals surface area contributed by atoms with Gasteiger partial charge in [-0.2, -0.15) is 4.98 Å². The van der Waals surface area contributed by atoms with Crippen molar-refractivity contribution >= 4 is 11.9 Å². The SMILES string of the molecule is CN(C)c1n[nH]c(CCC(=O)O)n1. The maximum absolute atomic E-state index is 10.2. The van der Waals surface area contributed by atoms with E-state index in [4.69, 9.17) is 5.11 Å². The number of hydrogen-bond acceptors (Lipinski definition) is 4. The molecule has 0 atom stereocenters. The zero-order chi connectivity index (χ0) is 9.84. The summed E-state index contributed by atoms with van der Waals surface area (Å²) in [7, 11) is 3.65. The summed E-state index contributed by atoms with van der Waals surface area (Å²) in [5, 5.41) is 15.0. The topological polar surface area (TPSA) is 82.1 Å². The Morgan fingerprint density at radius 3 is 2.77 bits per heavy atom. The molecule has 0 aliphatic carbocycles. The summed E-state index contributed by atoms with van der Waals surface area (Å²) in [5.74, 6) is 0.342. The molecule has 1 heterocycles. The van der Waals surface area contributed by atoms with Crippen LogP contribution in [0.15, 0.2) is 0 Å². The summed E-state index contributed by atoms with van der Waals surface area (Å²) in [5.41, 5.74) is 0. The van der Waals surface area contributed by atoms with Crippen LogP contribution in [0.25, 0.3) is 0 Å². The van der Waals surface area contributed by atoms with Gasteiger partial charge in [0.25, 0.3) is 0 Å². The molecule has 0 unspecified atom stereocenters. The average Bonchev–Trinajstić information content (AvgIpc) is 2.48. The Hall–Kier alpha value is -1.59. The van der Waals surface area contributed by atoms with Crippen molar-refractivity contribution in [1.82, 2.24) is 15.2 Å². The molecular formula is C7H12N4O2. The molecule has 6 heteroatoms. The Bertz CT molecular complexity index is 294. The summed E-state index contributed by atoms with van der Waals surface area (Å²) in [6, 6.07) is 0. The molecule has 2 N–H and O–H groups in total. The molecule has 1 aromatic heterocycles. The zero-order valence-corrected chi connectivity index (χ0v) is 7.61. The van der Waals surface area contributed by atoms with Crippen molar-refractivity contribution in [1.29, 1.82) is 0 Å². The lowest BCUT2D eigenvalue weighted by molar-refractivity contribution is -0.137. The van der Waals surface area contributed by atoms with Gasteiger partial charge in [-0.15, -0.1) is 5.10 Å². The molecule has 0 spiro atoms. The molecule has 6 nitrogen and oxygen atoms in total. The maximum atomic E-state index is 10.2. The second-order valence-electron chi connectivity index (χ2n) is 2.87. The van der Waals surface area contributed by atoms with E-state index < -0.39 is 5.97 Å². The van der Waals surface area contributed by atoms with Crippen LogP contribution < -0.4 is 4.90 Å². The summed E-state index contributed by atoms with van der Waals surface area (Å²) in [6.45, 7) is 0. The van der Waals surface area contributed by atoms with Crippen LogP contribution >= 0.6 is 0 Å². The number of aromatic nitrogens is 3. The first-order valence-electron chi connectivity index (χ1n) is 3.90. The maximum Gasteiger partial charge on any atom is 0.303 e. The Morgan fingerprint density at radius 1 is 1.62 bits per heavy atom. The lowest BCUT2D eigenvalue weighted by atomic mass is 10.3. The van der Waals surface area contributed by atoms with Crippen LogP contribution in [-0.4, -0.2) is 40.4 Å². The van der Waals surface area contributed by atoms with Crippen LogP contribution in [0.2, 0.25) is 0 Å². The lowest BCUT2D eigenvalue weighted by Crippen LogP contribution is -2.10. The van der Waals surface area contributed by atoms with E-state index in [9.17, 15) is 4.79 Å². The molecule has 0 fully saturated rings. The Labute approximate surface area is 75.6 Å². The van der Waals surface area contributed by atoms with Gasteiger partial charge in [-0.3, -0.25) is 9.89 Å². The number of nitrogens with zero attached hydrogens (tertiary/aromatic N) is 3. The minimum Gasteiger partial charge on any atom is -0.481 e. The first-order valence-corrected chi connectivity index (χ1v) is 3.90. The van der Waals surface area contributed by atoms with Crippen LogP contribution in [0.5, 0.6) is 0 Å². The highest BCUT2D eigenvalue weighted by atomic mass is 16.4. The van der Waals surface area contributed by atoms with E-state index in [-0.39, 0.29) is 6.42 Å². The normalized spacial score (nSPS) is 10.0. The minimum absolute atomic E-state index is 0.0715. The van der Waals surface area contributed by atoms with Crippen molar-refractivity contribution in [2.75, 3.05) is 19.0 Å². The third-order valence-corrected chi connectivity index (χ3v) is 1.50. The van der Waals surface area contributed by atoms with E-state index in [2.05, 4.69) is 15.2 Å².